The molecule has 1 aliphatic carbocycles. The number of piperazine rings is 1. The number of hydrogen-bond donors (Lipinski definition) is 1. The minimum Gasteiger partial charge on any atom is -0.496 e. The van der Waals surface area contributed by atoms with Gasteiger partial charge in [-0.2, -0.15) is 0 Å². The number of amides is 1. The molecule has 2 unspecified atom stereocenters. The second kappa shape index (κ2) is 9.51. The molecule has 1 heterocycles. The van der Waals surface area contributed by atoms with Crippen LogP contribution in [-0.2, 0) is 11.3 Å². The highest BCUT2D eigenvalue weighted by Crippen LogP contribution is 2.24. The van der Waals surface area contributed by atoms with Crippen LogP contribution in [0.1, 0.15) is 38.2 Å². The smallest absolute Gasteiger partial charge is 0.234 e. The van der Waals surface area contributed by atoms with Crippen LogP contribution in [0.2, 0.25) is 0 Å². The van der Waals surface area contributed by atoms with Gasteiger partial charge >= 0.3 is 0 Å². The molecule has 1 saturated carbocycles. The number of methoxy groups -OCH3 is 1. The molecule has 1 N–H and O–H groups in total. The zero-order valence-electron chi connectivity index (χ0n) is 16.5. The van der Waals surface area contributed by atoms with Crippen molar-refractivity contribution in [1.82, 2.24) is 15.1 Å². The molecule has 3 rings (SSSR count). The number of carbonyl (C=O) groups excluding carboxylic acids is 1. The molecule has 0 spiro atoms. The third-order valence-electron chi connectivity index (χ3n) is 5.93. The normalized spacial score (nSPS) is 24.6. The van der Waals surface area contributed by atoms with Gasteiger partial charge in [0.15, 0.2) is 0 Å². The lowest BCUT2D eigenvalue weighted by molar-refractivity contribution is -0.124. The van der Waals surface area contributed by atoms with Crippen LogP contribution in [0.15, 0.2) is 18.2 Å². The van der Waals surface area contributed by atoms with Gasteiger partial charge in [-0.05, 0) is 37.0 Å². The van der Waals surface area contributed by atoms with Crippen LogP contribution in [0.5, 0.6) is 5.75 Å². The summed E-state index contributed by atoms with van der Waals surface area (Å²) in [6, 6.07) is 4.99. The molecule has 1 aromatic carbocycles. The van der Waals surface area contributed by atoms with E-state index < -0.39 is 0 Å². The van der Waals surface area contributed by atoms with E-state index in [1.54, 1.807) is 19.2 Å². The van der Waals surface area contributed by atoms with Gasteiger partial charge in [-0.1, -0.05) is 19.8 Å². The predicted molar refractivity (Wildman–Crippen MR) is 104 cm³/mol. The number of rotatable bonds is 6. The van der Waals surface area contributed by atoms with E-state index in [0.717, 1.165) is 43.9 Å². The molecule has 150 valence electrons. The van der Waals surface area contributed by atoms with Crippen molar-refractivity contribution >= 4 is 5.91 Å². The third kappa shape index (κ3) is 5.66. The largest absolute Gasteiger partial charge is 0.496 e. The van der Waals surface area contributed by atoms with Crippen molar-refractivity contribution in [2.75, 3.05) is 39.8 Å². The van der Waals surface area contributed by atoms with Crippen LogP contribution in [-0.4, -0.2) is 61.6 Å². The first kappa shape index (κ1) is 20.1. The maximum atomic E-state index is 13.5. The number of nitrogens with zero attached hydrogens (tertiary/aromatic N) is 2. The molecular weight excluding hydrogens is 345 g/mol. The fourth-order valence-corrected chi connectivity index (χ4v) is 4.20. The van der Waals surface area contributed by atoms with Gasteiger partial charge in [-0.25, -0.2) is 4.39 Å². The molecule has 1 aliphatic heterocycles. The summed E-state index contributed by atoms with van der Waals surface area (Å²) in [6.07, 6.45) is 4.83. The fraction of sp³-hybridized carbons (Fsp3) is 0.667. The quantitative estimate of drug-likeness (QED) is 0.828. The molecule has 0 bridgehead atoms. The first-order valence-corrected chi connectivity index (χ1v) is 10.1. The number of ether oxygens (including phenoxy) is 1. The standard InChI is InChI=1S/C21H32FN3O2/c1-16-5-3-4-6-19(16)23-21(26)15-25-11-9-24(10-12-25)14-17-13-18(22)7-8-20(17)27-2/h7-8,13,16,19H,3-6,9-12,14-15H2,1-2H3,(H,23,26). The zero-order valence-corrected chi connectivity index (χ0v) is 16.5. The minimum atomic E-state index is -0.238. The van der Waals surface area contributed by atoms with Crippen molar-refractivity contribution in [3.05, 3.63) is 29.6 Å². The van der Waals surface area contributed by atoms with Crippen molar-refractivity contribution in [1.29, 1.82) is 0 Å². The van der Waals surface area contributed by atoms with E-state index in [1.165, 1.54) is 25.3 Å². The van der Waals surface area contributed by atoms with Crippen molar-refractivity contribution in [3.8, 4) is 5.75 Å². The highest BCUT2D eigenvalue weighted by molar-refractivity contribution is 5.78. The van der Waals surface area contributed by atoms with Crippen LogP contribution < -0.4 is 10.1 Å². The Hall–Kier alpha value is -1.66. The zero-order chi connectivity index (χ0) is 19.2. The van der Waals surface area contributed by atoms with E-state index in [1.807, 2.05) is 0 Å². The van der Waals surface area contributed by atoms with Gasteiger partial charge in [0.2, 0.25) is 5.91 Å². The summed E-state index contributed by atoms with van der Waals surface area (Å²) in [6.45, 7) is 6.82. The minimum absolute atomic E-state index is 0.147. The van der Waals surface area contributed by atoms with E-state index in [9.17, 15) is 9.18 Å². The first-order chi connectivity index (χ1) is 13.0. The number of hydrogen-bond acceptors (Lipinski definition) is 4. The number of benzene rings is 1. The highest BCUT2D eigenvalue weighted by Gasteiger charge is 2.25. The molecular formula is C21H32FN3O2. The summed E-state index contributed by atoms with van der Waals surface area (Å²) < 4.78 is 18.9. The third-order valence-corrected chi connectivity index (χ3v) is 5.93. The Labute approximate surface area is 161 Å². The Balaban J connectivity index is 1.43. The van der Waals surface area contributed by atoms with Gasteiger partial charge in [0.1, 0.15) is 11.6 Å². The molecule has 2 aliphatic rings. The maximum Gasteiger partial charge on any atom is 0.234 e. The van der Waals surface area contributed by atoms with Crippen LogP contribution >= 0.6 is 0 Å². The summed E-state index contributed by atoms with van der Waals surface area (Å²) in [4.78, 5) is 16.9. The molecule has 2 fully saturated rings. The molecule has 27 heavy (non-hydrogen) atoms. The average Bonchev–Trinajstić information content (AvgIpc) is 2.65. The molecule has 0 aromatic heterocycles. The predicted octanol–water partition coefficient (Wildman–Crippen LogP) is 2.65. The van der Waals surface area contributed by atoms with Gasteiger partial charge in [0, 0.05) is 44.3 Å². The van der Waals surface area contributed by atoms with E-state index in [0.29, 0.717) is 25.0 Å². The van der Waals surface area contributed by atoms with Gasteiger partial charge < -0.3 is 10.1 Å². The lowest BCUT2D eigenvalue weighted by atomic mass is 9.86. The van der Waals surface area contributed by atoms with Crippen molar-refractivity contribution < 1.29 is 13.9 Å². The van der Waals surface area contributed by atoms with Gasteiger partial charge in [0.25, 0.3) is 0 Å². The van der Waals surface area contributed by atoms with Crippen molar-refractivity contribution in [3.63, 3.8) is 0 Å². The topological polar surface area (TPSA) is 44.8 Å². The van der Waals surface area contributed by atoms with Crippen LogP contribution in [0, 0.1) is 11.7 Å². The van der Waals surface area contributed by atoms with E-state index in [-0.39, 0.29) is 11.7 Å². The van der Waals surface area contributed by atoms with Gasteiger partial charge in [-0.15, -0.1) is 0 Å². The van der Waals surface area contributed by atoms with Crippen LogP contribution in [0.25, 0.3) is 0 Å². The second-order valence-electron chi connectivity index (χ2n) is 7.94. The number of nitrogens with one attached hydrogen (secondary N) is 1. The molecule has 1 aromatic rings. The second-order valence-corrected chi connectivity index (χ2v) is 7.94. The Morgan fingerprint density at radius 1 is 1.19 bits per heavy atom. The Morgan fingerprint density at radius 2 is 1.89 bits per heavy atom. The first-order valence-electron chi connectivity index (χ1n) is 10.1. The molecule has 6 heteroatoms. The van der Waals surface area contributed by atoms with E-state index in [2.05, 4.69) is 22.0 Å². The van der Waals surface area contributed by atoms with Crippen LogP contribution in [0.3, 0.4) is 0 Å². The monoisotopic (exact) mass is 377 g/mol. The highest BCUT2D eigenvalue weighted by atomic mass is 19.1. The summed E-state index contributed by atoms with van der Waals surface area (Å²) in [5.74, 6) is 1.22. The lowest BCUT2D eigenvalue weighted by Crippen LogP contribution is -2.51. The SMILES string of the molecule is COc1ccc(F)cc1CN1CCN(CC(=O)NC2CCCCC2C)CC1. The van der Waals surface area contributed by atoms with Crippen LogP contribution in [0.4, 0.5) is 4.39 Å². The Kier molecular flexibility index (Phi) is 7.07. The average molecular weight is 378 g/mol. The fourth-order valence-electron chi connectivity index (χ4n) is 4.20. The number of carbonyl (C=O) groups is 1. The van der Waals surface area contributed by atoms with E-state index >= 15 is 0 Å². The molecule has 5 nitrogen and oxygen atoms in total. The molecule has 1 amide bonds. The molecule has 2 atom stereocenters. The molecule has 0 radical (unpaired) electrons. The summed E-state index contributed by atoms with van der Waals surface area (Å²) in [5.41, 5.74) is 0.870. The Bertz CT molecular complexity index is 632. The van der Waals surface area contributed by atoms with Gasteiger partial charge in [0.05, 0.1) is 13.7 Å². The van der Waals surface area contributed by atoms with Crippen molar-refractivity contribution in [2.24, 2.45) is 5.92 Å². The number of halogens is 1. The Morgan fingerprint density at radius 3 is 2.59 bits per heavy atom. The van der Waals surface area contributed by atoms with E-state index in [4.69, 9.17) is 4.74 Å². The molecule has 1 saturated heterocycles. The lowest BCUT2D eigenvalue weighted by Gasteiger charge is -2.35. The van der Waals surface area contributed by atoms with Crippen molar-refractivity contribution in [2.45, 2.75) is 45.2 Å². The van der Waals surface area contributed by atoms with Gasteiger partial charge in [-0.3, -0.25) is 14.6 Å². The summed E-state index contributed by atoms with van der Waals surface area (Å²) >= 11 is 0. The maximum absolute atomic E-state index is 13.5. The summed E-state index contributed by atoms with van der Waals surface area (Å²) in [5, 5.41) is 3.24. The summed E-state index contributed by atoms with van der Waals surface area (Å²) in [7, 11) is 1.61.